The summed E-state index contributed by atoms with van der Waals surface area (Å²) in [6.45, 7) is 0.750. The number of nitrogens with two attached hydrogens (primary N) is 1. The molecule has 0 aromatic carbocycles. The highest BCUT2D eigenvalue weighted by Gasteiger charge is 2.52. The van der Waals surface area contributed by atoms with Crippen LogP contribution in [0, 0.1) is 5.92 Å². The quantitative estimate of drug-likeness (QED) is 0.852. The van der Waals surface area contributed by atoms with Crippen molar-refractivity contribution in [1.29, 1.82) is 0 Å². The third-order valence-corrected chi connectivity index (χ3v) is 4.77. The summed E-state index contributed by atoms with van der Waals surface area (Å²) in [5.41, 5.74) is 6.02. The normalized spacial score (nSPS) is 35.2. The Bertz CT molecular complexity index is 450. The number of rotatable bonds is 2. The van der Waals surface area contributed by atoms with E-state index in [0.717, 1.165) is 13.0 Å². The van der Waals surface area contributed by atoms with E-state index in [2.05, 4.69) is 5.32 Å². The van der Waals surface area contributed by atoms with Crippen LogP contribution in [0.1, 0.15) is 16.1 Å². The topological polar surface area (TPSA) is 64.3 Å². The molecule has 4 nitrogen and oxygen atoms in total. The Hall–Kier alpha value is -0.620. The smallest absolute Gasteiger partial charge is 0.261 e. The summed E-state index contributed by atoms with van der Waals surface area (Å²) in [5.74, 6) is 0.295. The van der Waals surface area contributed by atoms with Crippen molar-refractivity contribution in [3.8, 4) is 0 Å². The molecule has 1 aromatic heterocycles. The molecule has 1 saturated heterocycles. The molecule has 0 spiro atoms. The Labute approximate surface area is 108 Å². The molecule has 3 N–H and O–H groups in total. The first-order valence-electron chi connectivity index (χ1n) is 5.60. The lowest BCUT2D eigenvalue weighted by molar-refractivity contribution is -0.0160. The number of carbonyl (C=O) groups excluding carboxylic acids is 1. The standard InChI is InChI=1S/C11H13ClN2O2S/c12-7-2-1-6(17-7)11(15)14-9-8(13)5-3-4-16-10(5)9/h1-2,5,8-10H,3-4,13H2,(H,14,15). The molecule has 1 aliphatic heterocycles. The lowest BCUT2D eigenvalue weighted by Gasteiger charge is -2.45. The minimum absolute atomic E-state index is 0.0156. The van der Waals surface area contributed by atoms with Crippen molar-refractivity contribution in [2.24, 2.45) is 11.7 Å². The minimum Gasteiger partial charge on any atom is -0.376 e. The summed E-state index contributed by atoms with van der Waals surface area (Å²) < 4.78 is 6.17. The van der Waals surface area contributed by atoms with Gasteiger partial charge < -0.3 is 15.8 Å². The van der Waals surface area contributed by atoms with Gasteiger partial charge in [0.25, 0.3) is 5.91 Å². The monoisotopic (exact) mass is 272 g/mol. The van der Waals surface area contributed by atoms with Crippen molar-refractivity contribution >= 4 is 28.8 Å². The van der Waals surface area contributed by atoms with Crippen LogP contribution in [-0.2, 0) is 4.74 Å². The number of halogens is 1. The van der Waals surface area contributed by atoms with Gasteiger partial charge in [0, 0.05) is 18.6 Å². The highest BCUT2D eigenvalue weighted by molar-refractivity contribution is 7.17. The van der Waals surface area contributed by atoms with Gasteiger partial charge in [-0.1, -0.05) is 11.6 Å². The van der Waals surface area contributed by atoms with Crippen LogP contribution >= 0.6 is 22.9 Å². The third kappa shape index (κ3) is 1.87. The van der Waals surface area contributed by atoms with E-state index in [0.29, 0.717) is 15.1 Å². The van der Waals surface area contributed by atoms with Gasteiger partial charge in [-0.15, -0.1) is 11.3 Å². The lowest BCUT2D eigenvalue weighted by Crippen LogP contribution is -2.68. The first-order chi connectivity index (χ1) is 8.16. The maximum absolute atomic E-state index is 11.9. The highest BCUT2D eigenvalue weighted by atomic mass is 35.5. The van der Waals surface area contributed by atoms with Gasteiger partial charge in [-0.25, -0.2) is 0 Å². The number of carbonyl (C=O) groups is 1. The summed E-state index contributed by atoms with van der Waals surface area (Å²) in [4.78, 5) is 12.5. The number of amides is 1. The van der Waals surface area contributed by atoms with Crippen LogP contribution in [0.5, 0.6) is 0 Å². The Morgan fingerprint density at radius 1 is 1.59 bits per heavy atom. The SMILES string of the molecule is NC1C2CCOC2C1NC(=O)c1ccc(Cl)s1. The average molecular weight is 273 g/mol. The molecule has 4 atom stereocenters. The fourth-order valence-corrected chi connectivity index (χ4v) is 3.53. The van der Waals surface area contributed by atoms with Gasteiger partial charge in [-0.3, -0.25) is 4.79 Å². The van der Waals surface area contributed by atoms with Crippen LogP contribution in [0.15, 0.2) is 12.1 Å². The van der Waals surface area contributed by atoms with Gasteiger partial charge in [0.1, 0.15) is 0 Å². The zero-order chi connectivity index (χ0) is 12.0. The van der Waals surface area contributed by atoms with Crippen LogP contribution in [0.2, 0.25) is 4.34 Å². The maximum Gasteiger partial charge on any atom is 0.261 e. The van der Waals surface area contributed by atoms with Gasteiger partial charge in [-0.2, -0.15) is 0 Å². The fraction of sp³-hybridized carbons (Fsp3) is 0.545. The van der Waals surface area contributed by atoms with E-state index in [1.165, 1.54) is 11.3 Å². The largest absolute Gasteiger partial charge is 0.376 e. The van der Waals surface area contributed by atoms with Crippen LogP contribution in [-0.4, -0.2) is 30.7 Å². The van der Waals surface area contributed by atoms with Gasteiger partial charge in [0.05, 0.1) is 21.4 Å². The van der Waals surface area contributed by atoms with Gasteiger partial charge in [-0.05, 0) is 18.6 Å². The first-order valence-corrected chi connectivity index (χ1v) is 6.79. The second-order valence-electron chi connectivity index (χ2n) is 4.47. The van der Waals surface area contributed by atoms with Crippen molar-refractivity contribution in [1.82, 2.24) is 5.32 Å². The van der Waals surface area contributed by atoms with E-state index in [9.17, 15) is 4.79 Å². The summed E-state index contributed by atoms with van der Waals surface area (Å²) in [7, 11) is 0. The average Bonchev–Trinajstić information content (AvgIpc) is 2.92. The van der Waals surface area contributed by atoms with Crippen molar-refractivity contribution in [3.63, 3.8) is 0 Å². The molecule has 1 aliphatic carbocycles. The predicted octanol–water partition coefficient (Wildman–Crippen LogP) is 1.25. The number of ether oxygens (including phenoxy) is 1. The second-order valence-corrected chi connectivity index (χ2v) is 6.18. The highest BCUT2D eigenvalue weighted by Crippen LogP contribution is 2.38. The molecule has 2 aliphatic rings. The second kappa shape index (κ2) is 4.24. The fourth-order valence-electron chi connectivity index (χ4n) is 2.59. The Kier molecular flexibility index (Phi) is 2.86. The Balaban J connectivity index is 1.66. The minimum atomic E-state index is -0.115. The lowest BCUT2D eigenvalue weighted by atomic mass is 9.72. The number of hydrogen-bond donors (Lipinski definition) is 2. The zero-order valence-corrected chi connectivity index (χ0v) is 10.6. The molecule has 4 unspecified atom stereocenters. The van der Waals surface area contributed by atoms with E-state index in [1.807, 2.05) is 0 Å². The van der Waals surface area contributed by atoms with Crippen LogP contribution in [0.3, 0.4) is 0 Å². The number of thiophene rings is 1. The summed E-state index contributed by atoms with van der Waals surface area (Å²) in [5, 5.41) is 2.93. The summed E-state index contributed by atoms with van der Waals surface area (Å²) in [6, 6.07) is 3.40. The van der Waals surface area contributed by atoms with Crippen molar-refractivity contribution in [2.45, 2.75) is 24.6 Å². The summed E-state index contributed by atoms with van der Waals surface area (Å²) >= 11 is 7.07. The van der Waals surface area contributed by atoms with Gasteiger partial charge in [0.15, 0.2) is 0 Å². The number of fused-ring (bicyclic) bond motifs is 1. The molecule has 2 fully saturated rings. The Morgan fingerprint density at radius 3 is 3.12 bits per heavy atom. The first kappa shape index (κ1) is 11.5. The van der Waals surface area contributed by atoms with Crippen molar-refractivity contribution in [2.75, 3.05) is 6.61 Å². The third-order valence-electron chi connectivity index (χ3n) is 3.54. The molecule has 0 radical (unpaired) electrons. The van der Waals surface area contributed by atoms with E-state index < -0.39 is 0 Å². The van der Waals surface area contributed by atoms with Crippen molar-refractivity contribution in [3.05, 3.63) is 21.3 Å². The molecule has 3 rings (SSSR count). The molecule has 17 heavy (non-hydrogen) atoms. The molecule has 1 aromatic rings. The van der Waals surface area contributed by atoms with E-state index >= 15 is 0 Å². The van der Waals surface area contributed by atoms with Gasteiger partial charge >= 0.3 is 0 Å². The molecular weight excluding hydrogens is 260 g/mol. The number of hydrogen-bond acceptors (Lipinski definition) is 4. The molecule has 6 heteroatoms. The summed E-state index contributed by atoms with van der Waals surface area (Å²) in [6.07, 6.45) is 1.10. The number of nitrogens with one attached hydrogen (secondary N) is 1. The zero-order valence-electron chi connectivity index (χ0n) is 9.06. The van der Waals surface area contributed by atoms with E-state index in [1.54, 1.807) is 12.1 Å². The van der Waals surface area contributed by atoms with Crippen LogP contribution in [0.25, 0.3) is 0 Å². The molecule has 2 heterocycles. The maximum atomic E-state index is 11.9. The van der Waals surface area contributed by atoms with Crippen LogP contribution < -0.4 is 11.1 Å². The van der Waals surface area contributed by atoms with Gasteiger partial charge in [0.2, 0.25) is 0 Å². The van der Waals surface area contributed by atoms with Crippen LogP contribution in [0.4, 0.5) is 0 Å². The molecular formula is C11H13ClN2O2S. The van der Waals surface area contributed by atoms with Crippen molar-refractivity contribution < 1.29 is 9.53 Å². The van der Waals surface area contributed by atoms with E-state index in [4.69, 9.17) is 22.1 Å². The molecule has 0 bridgehead atoms. The molecule has 92 valence electrons. The predicted molar refractivity (Wildman–Crippen MR) is 66.4 cm³/mol. The Morgan fingerprint density at radius 2 is 2.41 bits per heavy atom. The van der Waals surface area contributed by atoms with E-state index in [-0.39, 0.29) is 24.1 Å². The molecule has 1 amide bonds. The molecule has 1 saturated carbocycles.